The predicted molar refractivity (Wildman–Crippen MR) is 56.0 cm³/mol. The van der Waals surface area contributed by atoms with Crippen molar-refractivity contribution in [3.63, 3.8) is 0 Å². The van der Waals surface area contributed by atoms with Gasteiger partial charge in [0.2, 0.25) is 0 Å². The van der Waals surface area contributed by atoms with Crippen molar-refractivity contribution in [1.29, 1.82) is 0 Å². The van der Waals surface area contributed by atoms with Crippen molar-refractivity contribution in [3.05, 3.63) is 46.5 Å². The molecule has 3 nitrogen and oxygen atoms in total. The minimum absolute atomic E-state index is 0.0561. The molecule has 0 bridgehead atoms. The van der Waals surface area contributed by atoms with Crippen molar-refractivity contribution in [3.8, 4) is 0 Å². The van der Waals surface area contributed by atoms with Gasteiger partial charge in [-0.1, -0.05) is 35.8 Å². The van der Waals surface area contributed by atoms with Gasteiger partial charge in [-0.2, -0.15) is 0 Å². The van der Waals surface area contributed by atoms with Crippen molar-refractivity contribution in [2.24, 2.45) is 0 Å². The first-order chi connectivity index (χ1) is 6.70. The minimum Gasteiger partial charge on any atom is -0.258 e. The summed E-state index contributed by atoms with van der Waals surface area (Å²) in [5, 5.41) is 12.0. The highest BCUT2D eigenvalue weighted by Crippen LogP contribution is 2.22. The quantitative estimate of drug-likeness (QED) is 0.382. The standard InChI is InChI=1S/C10H6BNO2/c11-8-5-1-3-7-4-2-6-9(10(7)8)12(13)14/h1-6H. The molecule has 2 aromatic carbocycles. The molecule has 0 amide bonds. The molecule has 2 rings (SSSR count). The summed E-state index contributed by atoms with van der Waals surface area (Å²) < 4.78 is 0. The summed E-state index contributed by atoms with van der Waals surface area (Å²) in [6.45, 7) is 0. The first-order valence-electron chi connectivity index (χ1n) is 4.12. The second-order valence-corrected chi connectivity index (χ2v) is 2.98. The van der Waals surface area contributed by atoms with Crippen molar-refractivity contribution in [2.45, 2.75) is 0 Å². The number of benzene rings is 2. The van der Waals surface area contributed by atoms with Gasteiger partial charge >= 0.3 is 0 Å². The summed E-state index contributed by atoms with van der Waals surface area (Å²) in [6, 6.07) is 10.2. The van der Waals surface area contributed by atoms with Gasteiger partial charge in [0.1, 0.15) is 7.85 Å². The van der Waals surface area contributed by atoms with Crippen LogP contribution in [0.3, 0.4) is 0 Å². The highest BCUT2D eigenvalue weighted by atomic mass is 16.6. The molecule has 14 heavy (non-hydrogen) atoms. The summed E-state index contributed by atoms with van der Waals surface area (Å²) in [6.07, 6.45) is 0. The molecule has 0 aromatic heterocycles. The average molecular weight is 183 g/mol. The van der Waals surface area contributed by atoms with E-state index in [0.29, 0.717) is 10.8 Å². The molecule has 0 unspecified atom stereocenters. The zero-order valence-corrected chi connectivity index (χ0v) is 7.31. The van der Waals surface area contributed by atoms with Crippen LogP contribution >= 0.6 is 0 Å². The average Bonchev–Trinajstić information content (AvgIpc) is 2.17. The molecule has 0 aliphatic carbocycles. The molecule has 0 fully saturated rings. The molecule has 0 saturated heterocycles. The lowest BCUT2D eigenvalue weighted by atomic mass is 9.89. The highest BCUT2D eigenvalue weighted by Gasteiger charge is 2.11. The molecular weight excluding hydrogens is 177 g/mol. The number of nitro benzene ring substituents is 1. The van der Waals surface area contributed by atoms with Gasteiger partial charge < -0.3 is 0 Å². The Morgan fingerprint density at radius 3 is 2.43 bits per heavy atom. The lowest BCUT2D eigenvalue weighted by Crippen LogP contribution is -2.05. The molecule has 0 saturated carbocycles. The van der Waals surface area contributed by atoms with E-state index in [1.807, 2.05) is 0 Å². The van der Waals surface area contributed by atoms with E-state index >= 15 is 0 Å². The molecule has 0 spiro atoms. The smallest absolute Gasteiger partial charge is 0.258 e. The fourth-order valence-electron chi connectivity index (χ4n) is 1.50. The molecule has 4 heteroatoms. The summed E-state index contributed by atoms with van der Waals surface area (Å²) in [5.41, 5.74) is 0.496. The molecule has 2 radical (unpaired) electrons. The third kappa shape index (κ3) is 1.25. The fraction of sp³-hybridized carbons (Fsp3) is 0. The second kappa shape index (κ2) is 3.14. The first kappa shape index (κ1) is 8.75. The Labute approximate surface area is 81.9 Å². The molecule has 0 N–H and O–H groups in total. The number of rotatable bonds is 1. The van der Waals surface area contributed by atoms with Crippen LogP contribution in [0.2, 0.25) is 0 Å². The number of hydrogen-bond acceptors (Lipinski definition) is 2. The van der Waals surface area contributed by atoms with Gasteiger partial charge in [0, 0.05) is 6.07 Å². The van der Waals surface area contributed by atoms with E-state index in [-0.39, 0.29) is 5.69 Å². The predicted octanol–water partition coefficient (Wildman–Crippen LogP) is 1.54. The molecule has 2 aromatic rings. The van der Waals surface area contributed by atoms with Crippen molar-refractivity contribution < 1.29 is 4.92 Å². The maximum absolute atomic E-state index is 10.7. The van der Waals surface area contributed by atoms with E-state index in [2.05, 4.69) is 0 Å². The van der Waals surface area contributed by atoms with E-state index in [1.54, 1.807) is 30.3 Å². The van der Waals surface area contributed by atoms with Crippen LogP contribution in [0.4, 0.5) is 5.69 Å². The van der Waals surface area contributed by atoms with Gasteiger partial charge in [-0.25, -0.2) is 0 Å². The van der Waals surface area contributed by atoms with E-state index in [4.69, 9.17) is 7.85 Å². The SMILES string of the molecule is [B]c1cccc2cccc([N+](=O)[O-])c12. The number of nitro groups is 1. The van der Waals surface area contributed by atoms with Crippen LogP contribution in [0.15, 0.2) is 36.4 Å². The van der Waals surface area contributed by atoms with Gasteiger partial charge in [-0.3, -0.25) is 10.1 Å². The molecule has 0 aliphatic rings. The third-order valence-electron chi connectivity index (χ3n) is 2.11. The van der Waals surface area contributed by atoms with Crippen LogP contribution in [-0.2, 0) is 0 Å². The van der Waals surface area contributed by atoms with Crippen molar-refractivity contribution in [1.82, 2.24) is 0 Å². The number of hydrogen-bond donors (Lipinski definition) is 0. The molecule has 0 heterocycles. The summed E-state index contributed by atoms with van der Waals surface area (Å²) in [7, 11) is 5.69. The Morgan fingerprint density at radius 2 is 1.79 bits per heavy atom. The maximum atomic E-state index is 10.7. The molecule has 0 aliphatic heterocycles. The Kier molecular flexibility index (Phi) is 1.96. The zero-order chi connectivity index (χ0) is 10.1. The third-order valence-corrected chi connectivity index (χ3v) is 2.11. The summed E-state index contributed by atoms with van der Waals surface area (Å²) in [5.74, 6) is 0. The maximum Gasteiger partial charge on any atom is 0.276 e. The van der Waals surface area contributed by atoms with Crippen molar-refractivity contribution >= 4 is 29.8 Å². The molecular formula is C10H6BNO2. The van der Waals surface area contributed by atoms with E-state index in [9.17, 15) is 10.1 Å². The second-order valence-electron chi connectivity index (χ2n) is 2.98. The van der Waals surface area contributed by atoms with Gasteiger partial charge in [0.25, 0.3) is 5.69 Å². The number of fused-ring (bicyclic) bond motifs is 1. The fourth-order valence-corrected chi connectivity index (χ4v) is 1.50. The van der Waals surface area contributed by atoms with Gasteiger partial charge in [0.05, 0.1) is 10.3 Å². The highest BCUT2D eigenvalue weighted by molar-refractivity contribution is 6.39. The Bertz CT molecular complexity index is 505. The van der Waals surface area contributed by atoms with Crippen LogP contribution in [0, 0.1) is 10.1 Å². The van der Waals surface area contributed by atoms with E-state index < -0.39 is 4.92 Å². The van der Waals surface area contributed by atoms with E-state index in [0.717, 1.165) is 5.39 Å². The van der Waals surface area contributed by atoms with Crippen LogP contribution in [0.5, 0.6) is 0 Å². The first-order valence-corrected chi connectivity index (χ1v) is 4.12. The van der Waals surface area contributed by atoms with Crippen LogP contribution in [-0.4, -0.2) is 12.8 Å². The summed E-state index contributed by atoms with van der Waals surface area (Å²) >= 11 is 0. The van der Waals surface area contributed by atoms with Gasteiger partial charge in [-0.05, 0) is 5.39 Å². The normalized spacial score (nSPS) is 10.3. The summed E-state index contributed by atoms with van der Waals surface area (Å²) in [4.78, 5) is 10.3. The lowest BCUT2D eigenvalue weighted by Gasteiger charge is -2.02. The van der Waals surface area contributed by atoms with Crippen molar-refractivity contribution in [2.75, 3.05) is 0 Å². The molecule has 0 atom stereocenters. The largest absolute Gasteiger partial charge is 0.276 e. The Balaban J connectivity index is 2.91. The van der Waals surface area contributed by atoms with Crippen LogP contribution in [0.25, 0.3) is 10.8 Å². The topological polar surface area (TPSA) is 43.1 Å². The Hall–Kier alpha value is -1.84. The zero-order valence-electron chi connectivity index (χ0n) is 7.31. The number of nitrogens with zero attached hydrogens (tertiary/aromatic N) is 1. The van der Waals surface area contributed by atoms with Crippen LogP contribution in [0.1, 0.15) is 0 Å². The number of non-ortho nitro benzene ring substituents is 1. The van der Waals surface area contributed by atoms with E-state index in [1.165, 1.54) is 6.07 Å². The monoisotopic (exact) mass is 183 g/mol. The molecule has 66 valence electrons. The van der Waals surface area contributed by atoms with Gasteiger partial charge in [-0.15, -0.1) is 0 Å². The van der Waals surface area contributed by atoms with Crippen LogP contribution < -0.4 is 5.46 Å². The Morgan fingerprint density at radius 1 is 1.14 bits per heavy atom. The van der Waals surface area contributed by atoms with Gasteiger partial charge in [0.15, 0.2) is 0 Å². The minimum atomic E-state index is -0.418. The lowest BCUT2D eigenvalue weighted by molar-refractivity contribution is -0.383.